The van der Waals surface area contributed by atoms with Crippen LogP contribution in [0.15, 0.2) is 46.5 Å². The van der Waals surface area contributed by atoms with Crippen molar-refractivity contribution in [2.45, 2.75) is 22.8 Å². The second-order valence-corrected chi connectivity index (χ2v) is 8.81. The maximum atomic E-state index is 13.5. The second kappa shape index (κ2) is 8.32. The van der Waals surface area contributed by atoms with Gasteiger partial charge in [-0.05, 0) is 37.1 Å². The van der Waals surface area contributed by atoms with Gasteiger partial charge < -0.3 is 5.32 Å². The van der Waals surface area contributed by atoms with E-state index in [0.717, 1.165) is 36.7 Å². The smallest absolute Gasteiger partial charge is 0.244 e. The molecule has 1 N–H and O–H groups in total. The summed E-state index contributed by atoms with van der Waals surface area (Å²) < 4.78 is 53.3. The summed E-state index contributed by atoms with van der Waals surface area (Å²) in [6, 6.07) is 6.25. The van der Waals surface area contributed by atoms with Crippen LogP contribution < -0.4 is 5.32 Å². The van der Waals surface area contributed by atoms with E-state index in [4.69, 9.17) is 0 Å². The van der Waals surface area contributed by atoms with Crippen LogP contribution in [0.25, 0.3) is 0 Å². The third kappa shape index (κ3) is 4.63. The molecule has 144 valence electrons. The third-order valence-electron chi connectivity index (χ3n) is 3.99. The summed E-state index contributed by atoms with van der Waals surface area (Å²) in [4.78, 5) is 16.1. The maximum absolute atomic E-state index is 13.5. The number of para-hydroxylation sites is 1. The first-order valence-electron chi connectivity index (χ1n) is 8.21. The van der Waals surface area contributed by atoms with Gasteiger partial charge in [0.15, 0.2) is 0 Å². The average Bonchev–Trinajstić information content (AvgIpc) is 3.19. The normalized spacial score (nSPS) is 15.0. The molecule has 27 heavy (non-hydrogen) atoms. The van der Waals surface area contributed by atoms with Crippen LogP contribution in [0, 0.1) is 11.6 Å². The topological polar surface area (TPSA) is 79.4 Å². The number of amides is 1. The van der Waals surface area contributed by atoms with E-state index in [1.54, 1.807) is 0 Å². The van der Waals surface area contributed by atoms with Gasteiger partial charge in [0.05, 0.1) is 10.8 Å². The van der Waals surface area contributed by atoms with Crippen molar-refractivity contribution < 1.29 is 22.0 Å². The van der Waals surface area contributed by atoms with Gasteiger partial charge in [0.1, 0.15) is 22.2 Å². The lowest BCUT2D eigenvalue weighted by atomic mass is 10.3. The maximum Gasteiger partial charge on any atom is 0.244 e. The van der Waals surface area contributed by atoms with Crippen molar-refractivity contribution in [1.29, 1.82) is 0 Å². The summed E-state index contributed by atoms with van der Waals surface area (Å²) in [5, 5.41) is 2.61. The van der Waals surface area contributed by atoms with Gasteiger partial charge in [0.2, 0.25) is 15.9 Å². The lowest BCUT2D eigenvalue weighted by Crippen LogP contribution is -2.27. The molecule has 0 atom stereocenters. The number of pyridine rings is 1. The fourth-order valence-corrected chi connectivity index (χ4v) is 4.72. The molecule has 2 aromatic rings. The lowest BCUT2D eigenvalue weighted by molar-refractivity contribution is -0.113. The average molecular weight is 413 g/mol. The summed E-state index contributed by atoms with van der Waals surface area (Å²) in [7, 11) is -3.54. The van der Waals surface area contributed by atoms with Crippen molar-refractivity contribution in [1.82, 2.24) is 9.29 Å². The summed E-state index contributed by atoms with van der Waals surface area (Å²) in [5.41, 5.74) is -0.497. The first-order valence-corrected chi connectivity index (χ1v) is 10.6. The van der Waals surface area contributed by atoms with Gasteiger partial charge in [0.25, 0.3) is 0 Å². The zero-order chi connectivity index (χ0) is 19.4. The van der Waals surface area contributed by atoms with E-state index in [1.165, 1.54) is 28.7 Å². The number of hydrogen-bond acceptors (Lipinski definition) is 5. The van der Waals surface area contributed by atoms with Gasteiger partial charge in [0, 0.05) is 19.3 Å². The molecule has 0 bridgehead atoms. The van der Waals surface area contributed by atoms with Crippen LogP contribution in [0.1, 0.15) is 12.8 Å². The Bertz CT molecular complexity index is 911. The number of carbonyl (C=O) groups is 1. The molecule has 1 fully saturated rings. The molecule has 0 saturated carbocycles. The van der Waals surface area contributed by atoms with Crippen LogP contribution in [-0.4, -0.2) is 42.5 Å². The van der Waals surface area contributed by atoms with E-state index in [2.05, 4.69) is 10.3 Å². The quantitative estimate of drug-likeness (QED) is 0.737. The Morgan fingerprint density at radius 1 is 1.15 bits per heavy atom. The molecule has 0 radical (unpaired) electrons. The number of aromatic nitrogens is 1. The number of halogens is 2. The summed E-state index contributed by atoms with van der Waals surface area (Å²) in [6.07, 6.45) is 2.95. The molecular formula is C17H17F2N3O3S2. The summed E-state index contributed by atoms with van der Waals surface area (Å²) >= 11 is 1.03. The van der Waals surface area contributed by atoms with Gasteiger partial charge in [-0.1, -0.05) is 17.8 Å². The number of hydrogen-bond donors (Lipinski definition) is 1. The minimum atomic E-state index is -3.54. The number of benzene rings is 1. The monoisotopic (exact) mass is 413 g/mol. The number of thioether (sulfide) groups is 1. The van der Waals surface area contributed by atoms with Gasteiger partial charge in [-0.15, -0.1) is 0 Å². The van der Waals surface area contributed by atoms with Crippen LogP contribution in [-0.2, 0) is 14.8 Å². The Hall–Kier alpha value is -2.04. The number of nitrogens with zero attached hydrogens (tertiary/aromatic N) is 2. The highest BCUT2D eigenvalue weighted by Crippen LogP contribution is 2.23. The number of anilines is 1. The fourth-order valence-electron chi connectivity index (χ4n) is 2.61. The van der Waals surface area contributed by atoms with E-state index in [-0.39, 0.29) is 10.6 Å². The molecule has 0 aliphatic carbocycles. The summed E-state index contributed by atoms with van der Waals surface area (Å²) in [6.45, 7) is 1.01. The minimum absolute atomic E-state index is 0.103. The van der Waals surface area contributed by atoms with Crippen molar-refractivity contribution in [3.05, 3.63) is 48.2 Å². The van der Waals surface area contributed by atoms with Crippen molar-refractivity contribution in [2.75, 3.05) is 24.2 Å². The van der Waals surface area contributed by atoms with E-state index >= 15 is 0 Å². The molecule has 6 nitrogen and oxygen atoms in total. The van der Waals surface area contributed by atoms with Gasteiger partial charge in [-0.2, -0.15) is 4.31 Å². The van der Waals surface area contributed by atoms with Crippen LogP contribution in [0.2, 0.25) is 0 Å². The van der Waals surface area contributed by atoms with Crippen molar-refractivity contribution in [3.63, 3.8) is 0 Å². The predicted molar refractivity (Wildman–Crippen MR) is 97.9 cm³/mol. The molecule has 0 unspecified atom stereocenters. The standard InChI is InChI=1S/C17H17F2N3O3S2/c18-13-4-3-5-14(19)17(13)21-15(23)11-26-16-7-6-12(10-20-16)27(24,25)22-8-1-2-9-22/h3-7,10H,1-2,8-9,11H2,(H,21,23). The van der Waals surface area contributed by atoms with Crippen LogP contribution >= 0.6 is 11.8 Å². The van der Waals surface area contributed by atoms with Crippen molar-refractivity contribution >= 4 is 33.4 Å². The highest BCUT2D eigenvalue weighted by atomic mass is 32.2. The second-order valence-electron chi connectivity index (χ2n) is 5.88. The molecule has 2 heterocycles. The zero-order valence-electron chi connectivity index (χ0n) is 14.2. The van der Waals surface area contributed by atoms with E-state index < -0.39 is 33.3 Å². The molecule has 1 aromatic carbocycles. The Morgan fingerprint density at radius 3 is 2.41 bits per heavy atom. The molecule has 1 aliphatic heterocycles. The highest BCUT2D eigenvalue weighted by molar-refractivity contribution is 7.99. The number of nitrogens with one attached hydrogen (secondary N) is 1. The first-order chi connectivity index (χ1) is 12.9. The molecule has 0 spiro atoms. The number of carbonyl (C=O) groups excluding carboxylic acids is 1. The molecule has 1 aliphatic rings. The van der Waals surface area contributed by atoms with E-state index in [0.29, 0.717) is 18.1 Å². The molecule has 1 amide bonds. The zero-order valence-corrected chi connectivity index (χ0v) is 15.8. The van der Waals surface area contributed by atoms with E-state index in [1.807, 2.05) is 0 Å². The molecule has 1 aromatic heterocycles. The predicted octanol–water partition coefficient (Wildman–Crippen LogP) is 2.88. The number of rotatable bonds is 6. The Morgan fingerprint density at radius 2 is 1.81 bits per heavy atom. The molecule has 10 heteroatoms. The van der Waals surface area contributed by atoms with Crippen molar-refractivity contribution in [2.24, 2.45) is 0 Å². The van der Waals surface area contributed by atoms with E-state index in [9.17, 15) is 22.0 Å². The van der Waals surface area contributed by atoms with Crippen LogP contribution in [0.5, 0.6) is 0 Å². The molecule has 1 saturated heterocycles. The van der Waals surface area contributed by atoms with Gasteiger partial charge in [-0.3, -0.25) is 4.79 Å². The summed E-state index contributed by atoms with van der Waals surface area (Å²) in [5.74, 6) is -2.44. The minimum Gasteiger partial charge on any atom is -0.320 e. The highest BCUT2D eigenvalue weighted by Gasteiger charge is 2.27. The Labute approximate surface area is 160 Å². The molecule has 3 rings (SSSR count). The van der Waals surface area contributed by atoms with Gasteiger partial charge >= 0.3 is 0 Å². The van der Waals surface area contributed by atoms with Crippen molar-refractivity contribution in [3.8, 4) is 0 Å². The third-order valence-corrected chi connectivity index (χ3v) is 6.82. The SMILES string of the molecule is O=C(CSc1ccc(S(=O)(=O)N2CCCC2)cn1)Nc1c(F)cccc1F. The first kappa shape index (κ1) is 19.7. The molecular weight excluding hydrogens is 396 g/mol. The Kier molecular flexibility index (Phi) is 6.08. The van der Waals surface area contributed by atoms with Crippen LogP contribution in [0.4, 0.5) is 14.5 Å². The Balaban J connectivity index is 1.59. The fraction of sp³-hybridized carbons (Fsp3) is 0.294. The number of sulfonamides is 1. The largest absolute Gasteiger partial charge is 0.320 e. The lowest BCUT2D eigenvalue weighted by Gasteiger charge is -2.15. The van der Waals surface area contributed by atoms with Crippen LogP contribution in [0.3, 0.4) is 0 Å². The van der Waals surface area contributed by atoms with Gasteiger partial charge in [-0.25, -0.2) is 22.2 Å².